The molecule has 1 aromatic rings. The quantitative estimate of drug-likeness (QED) is 0.235. The molecule has 0 aliphatic rings. The molecule has 6 nitrogen and oxygen atoms in total. The van der Waals surface area contributed by atoms with E-state index in [9.17, 15) is 4.79 Å². The molecule has 1 unspecified atom stereocenters. The van der Waals surface area contributed by atoms with Gasteiger partial charge in [-0.2, -0.15) is 0 Å². The minimum Gasteiger partial charge on any atom is -0.497 e. The van der Waals surface area contributed by atoms with Gasteiger partial charge < -0.3 is 9.94 Å². The SMILES string of the molecule is COc1ccc(C(C)C(=NO)C(=O)NN)cc1. The Morgan fingerprint density at radius 1 is 1.47 bits per heavy atom. The summed E-state index contributed by atoms with van der Waals surface area (Å²) in [7, 11) is 1.57. The number of carbonyl (C=O) groups is 1. The van der Waals surface area contributed by atoms with Crippen LogP contribution in [0.15, 0.2) is 29.4 Å². The average molecular weight is 237 g/mol. The number of hydrogen-bond donors (Lipinski definition) is 3. The van der Waals surface area contributed by atoms with Gasteiger partial charge in [0, 0.05) is 5.92 Å². The van der Waals surface area contributed by atoms with Crippen molar-refractivity contribution in [3.63, 3.8) is 0 Å². The van der Waals surface area contributed by atoms with Crippen LogP contribution in [-0.2, 0) is 4.79 Å². The third-order valence-electron chi connectivity index (χ3n) is 2.50. The largest absolute Gasteiger partial charge is 0.497 e. The first kappa shape index (κ1) is 13.0. The van der Waals surface area contributed by atoms with E-state index in [1.54, 1.807) is 38.3 Å². The summed E-state index contributed by atoms with van der Waals surface area (Å²) < 4.78 is 5.03. The maximum absolute atomic E-state index is 11.3. The summed E-state index contributed by atoms with van der Waals surface area (Å²) in [6, 6.07) is 7.11. The molecule has 0 bridgehead atoms. The van der Waals surface area contributed by atoms with Gasteiger partial charge in [-0.05, 0) is 17.7 Å². The minimum absolute atomic E-state index is 0.0438. The van der Waals surface area contributed by atoms with Gasteiger partial charge in [0.15, 0.2) is 5.71 Å². The zero-order valence-corrected chi connectivity index (χ0v) is 9.68. The molecule has 0 radical (unpaired) electrons. The van der Waals surface area contributed by atoms with Crippen molar-refractivity contribution in [2.45, 2.75) is 12.8 Å². The number of ether oxygens (including phenoxy) is 1. The smallest absolute Gasteiger partial charge is 0.283 e. The molecule has 6 heteroatoms. The molecule has 0 aliphatic heterocycles. The van der Waals surface area contributed by atoms with Crippen LogP contribution in [0, 0.1) is 0 Å². The van der Waals surface area contributed by atoms with E-state index in [0.717, 1.165) is 5.56 Å². The summed E-state index contributed by atoms with van der Waals surface area (Å²) in [6.07, 6.45) is 0. The number of nitrogens with two attached hydrogens (primary N) is 1. The molecule has 1 rings (SSSR count). The van der Waals surface area contributed by atoms with Crippen LogP contribution in [-0.4, -0.2) is 23.9 Å². The van der Waals surface area contributed by atoms with Crippen molar-refractivity contribution < 1.29 is 14.7 Å². The highest BCUT2D eigenvalue weighted by Gasteiger charge is 2.20. The number of rotatable bonds is 4. The van der Waals surface area contributed by atoms with E-state index in [1.165, 1.54) is 0 Å². The number of hydrazine groups is 1. The number of benzene rings is 1. The topological polar surface area (TPSA) is 96.9 Å². The lowest BCUT2D eigenvalue weighted by molar-refractivity contribution is -0.115. The van der Waals surface area contributed by atoms with Gasteiger partial charge in [0.05, 0.1) is 7.11 Å². The number of methoxy groups -OCH3 is 1. The Labute approximate surface area is 99.0 Å². The number of oxime groups is 1. The lowest BCUT2D eigenvalue weighted by atomic mass is 9.95. The third-order valence-corrected chi connectivity index (χ3v) is 2.50. The standard InChI is InChI=1S/C11H15N3O3/c1-7(10(14-16)11(15)13-12)8-3-5-9(17-2)6-4-8/h3-7,16H,12H2,1-2H3,(H,13,15). The molecular weight excluding hydrogens is 222 g/mol. The number of amides is 1. The van der Waals surface area contributed by atoms with Gasteiger partial charge in [-0.15, -0.1) is 0 Å². The van der Waals surface area contributed by atoms with Gasteiger partial charge in [-0.1, -0.05) is 24.2 Å². The summed E-state index contributed by atoms with van der Waals surface area (Å²) in [4.78, 5) is 11.3. The maximum Gasteiger partial charge on any atom is 0.283 e. The van der Waals surface area contributed by atoms with Crippen molar-refractivity contribution in [3.05, 3.63) is 29.8 Å². The number of hydrogen-bond acceptors (Lipinski definition) is 5. The van der Waals surface area contributed by atoms with E-state index in [1.807, 2.05) is 5.43 Å². The minimum atomic E-state index is -0.615. The van der Waals surface area contributed by atoms with E-state index >= 15 is 0 Å². The van der Waals surface area contributed by atoms with Crippen molar-refractivity contribution >= 4 is 11.6 Å². The van der Waals surface area contributed by atoms with Crippen molar-refractivity contribution in [2.75, 3.05) is 7.11 Å². The third kappa shape index (κ3) is 2.94. The molecule has 0 saturated carbocycles. The lowest BCUT2D eigenvalue weighted by Gasteiger charge is -2.12. The van der Waals surface area contributed by atoms with Crippen LogP contribution in [0.2, 0.25) is 0 Å². The zero-order chi connectivity index (χ0) is 12.8. The fraction of sp³-hybridized carbons (Fsp3) is 0.273. The van der Waals surface area contributed by atoms with Gasteiger partial charge in [0.2, 0.25) is 0 Å². The summed E-state index contributed by atoms with van der Waals surface area (Å²) in [6.45, 7) is 1.74. The Morgan fingerprint density at radius 3 is 2.47 bits per heavy atom. The summed E-state index contributed by atoms with van der Waals surface area (Å²) in [5.74, 6) is 4.73. The second-order valence-corrected chi connectivity index (χ2v) is 3.45. The van der Waals surface area contributed by atoms with Crippen molar-refractivity contribution in [1.29, 1.82) is 0 Å². The van der Waals surface area contributed by atoms with Crippen LogP contribution in [0.1, 0.15) is 18.4 Å². The first-order valence-electron chi connectivity index (χ1n) is 5.00. The predicted molar refractivity (Wildman–Crippen MR) is 63.0 cm³/mol. The average Bonchev–Trinajstić information content (AvgIpc) is 2.39. The highest BCUT2D eigenvalue weighted by molar-refractivity contribution is 6.40. The number of carbonyl (C=O) groups excluding carboxylic acids is 1. The summed E-state index contributed by atoms with van der Waals surface area (Å²) in [5, 5.41) is 11.8. The van der Waals surface area contributed by atoms with Crippen LogP contribution in [0.25, 0.3) is 0 Å². The van der Waals surface area contributed by atoms with Crippen LogP contribution < -0.4 is 16.0 Å². The Kier molecular flexibility index (Phi) is 4.47. The van der Waals surface area contributed by atoms with E-state index in [0.29, 0.717) is 5.75 Å². The second kappa shape index (κ2) is 5.86. The molecule has 0 heterocycles. The first-order valence-corrected chi connectivity index (χ1v) is 5.00. The predicted octanol–water partition coefficient (Wildman–Crippen LogP) is 0.619. The van der Waals surface area contributed by atoms with Crippen LogP contribution >= 0.6 is 0 Å². The molecule has 4 N–H and O–H groups in total. The Bertz CT molecular complexity index is 414. The molecule has 1 atom stereocenters. The molecule has 0 aromatic heterocycles. The molecular formula is C11H15N3O3. The first-order chi connectivity index (χ1) is 8.13. The highest BCUT2D eigenvalue weighted by atomic mass is 16.5. The van der Waals surface area contributed by atoms with Gasteiger partial charge in [0.25, 0.3) is 5.91 Å². The molecule has 0 saturated heterocycles. The Morgan fingerprint density at radius 2 is 2.06 bits per heavy atom. The molecule has 0 aliphatic carbocycles. The van der Waals surface area contributed by atoms with Gasteiger partial charge in [-0.25, -0.2) is 5.84 Å². The maximum atomic E-state index is 11.3. The zero-order valence-electron chi connectivity index (χ0n) is 9.68. The highest BCUT2D eigenvalue weighted by Crippen LogP contribution is 2.20. The van der Waals surface area contributed by atoms with Gasteiger partial charge in [-0.3, -0.25) is 10.2 Å². The second-order valence-electron chi connectivity index (χ2n) is 3.45. The monoisotopic (exact) mass is 237 g/mol. The lowest BCUT2D eigenvalue weighted by Crippen LogP contribution is -2.38. The fourth-order valence-corrected chi connectivity index (χ4v) is 1.45. The molecule has 1 aromatic carbocycles. The Hall–Kier alpha value is -2.08. The van der Waals surface area contributed by atoms with Crippen molar-refractivity contribution in [1.82, 2.24) is 5.43 Å². The molecule has 92 valence electrons. The van der Waals surface area contributed by atoms with Gasteiger partial charge >= 0.3 is 0 Å². The molecule has 0 fully saturated rings. The van der Waals surface area contributed by atoms with E-state index in [-0.39, 0.29) is 11.6 Å². The van der Waals surface area contributed by atoms with Gasteiger partial charge in [0.1, 0.15) is 5.75 Å². The summed E-state index contributed by atoms with van der Waals surface area (Å²) >= 11 is 0. The molecule has 0 spiro atoms. The van der Waals surface area contributed by atoms with Crippen molar-refractivity contribution in [2.24, 2.45) is 11.0 Å². The molecule has 1 amide bonds. The van der Waals surface area contributed by atoms with Crippen LogP contribution in [0.4, 0.5) is 0 Å². The van der Waals surface area contributed by atoms with E-state index in [4.69, 9.17) is 15.8 Å². The van der Waals surface area contributed by atoms with Crippen molar-refractivity contribution in [3.8, 4) is 5.75 Å². The Balaban J connectivity index is 2.94. The van der Waals surface area contributed by atoms with E-state index in [2.05, 4.69) is 5.16 Å². The number of nitrogens with one attached hydrogen (secondary N) is 1. The van der Waals surface area contributed by atoms with E-state index < -0.39 is 5.91 Å². The summed E-state index contributed by atoms with van der Waals surface area (Å²) in [5.41, 5.74) is 2.71. The van der Waals surface area contributed by atoms with Crippen LogP contribution in [0.3, 0.4) is 0 Å². The molecule has 17 heavy (non-hydrogen) atoms. The van der Waals surface area contributed by atoms with Crippen LogP contribution in [0.5, 0.6) is 5.75 Å². The fourth-order valence-electron chi connectivity index (χ4n) is 1.45. The normalized spacial score (nSPS) is 13.0. The number of nitrogens with zero attached hydrogens (tertiary/aromatic N) is 1.